The van der Waals surface area contributed by atoms with E-state index in [2.05, 4.69) is 27.0 Å². The Kier molecular flexibility index (Phi) is 5.73. The van der Waals surface area contributed by atoms with Gasteiger partial charge in [0.05, 0.1) is 18.2 Å². The molecule has 2 heterocycles. The van der Waals surface area contributed by atoms with Gasteiger partial charge in [-0.1, -0.05) is 37.3 Å². The summed E-state index contributed by atoms with van der Waals surface area (Å²) in [6.45, 7) is 4.78. The van der Waals surface area contributed by atoms with Crippen molar-refractivity contribution in [1.29, 1.82) is 0 Å². The molecular formula is C19H24N4O2. The van der Waals surface area contributed by atoms with E-state index in [1.165, 1.54) is 5.56 Å². The summed E-state index contributed by atoms with van der Waals surface area (Å²) in [5.74, 6) is 0.615. The zero-order valence-electron chi connectivity index (χ0n) is 14.5. The van der Waals surface area contributed by atoms with E-state index in [1.54, 1.807) is 17.3 Å². The molecule has 1 aromatic heterocycles. The normalized spacial score (nSPS) is 18.3. The molecule has 3 rings (SSSR count). The van der Waals surface area contributed by atoms with Crippen LogP contribution in [0.25, 0.3) is 0 Å². The molecule has 25 heavy (non-hydrogen) atoms. The quantitative estimate of drug-likeness (QED) is 0.890. The van der Waals surface area contributed by atoms with Crippen molar-refractivity contribution in [2.75, 3.05) is 26.2 Å². The van der Waals surface area contributed by atoms with Gasteiger partial charge in [0.15, 0.2) is 0 Å². The van der Waals surface area contributed by atoms with Crippen LogP contribution in [0.2, 0.25) is 0 Å². The molecule has 0 bridgehead atoms. The van der Waals surface area contributed by atoms with Gasteiger partial charge in [-0.05, 0) is 5.56 Å². The van der Waals surface area contributed by atoms with Gasteiger partial charge in [0.2, 0.25) is 0 Å². The molecule has 1 fully saturated rings. The molecule has 1 aromatic carbocycles. The predicted octanol–water partition coefficient (Wildman–Crippen LogP) is 1.36. The van der Waals surface area contributed by atoms with Crippen molar-refractivity contribution in [3.63, 3.8) is 0 Å². The fraction of sp³-hybridized carbons (Fsp3) is 0.421. The Morgan fingerprint density at radius 1 is 1.20 bits per heavy atom. The SMILES string of the molecule is CCc1ncc(C(=O)N2CCN(Cc3ccccc3)CC2CO)cn1. The standard InChI is InChI=1S/C19H24N4O2/c1-2-18-20-10-16(11-21-18)19(25)23-9-8-22(13-17(23)14-24)12-15-6-4-3-5-7-15/h3-7,10-11,17,24H,2,8-9,12-14H2,1H3. The van der Waals surface area contributed by atoms with Crippen LogP contribution in [0.5, 0.6) is 0 Å². The zero-order valence-corrected chi connectivity index (χ0v) is 14.5. The van der Waals surface area contributed by atoms with E-state index in [-0.39, 0.29) is 18.6 Å². The molecule has 1 aliphatic heterocycles. The number of aryl methyl sites for hydroxylation is 1. The molecule has 1 N–H and O–H groups in total. The Balaban J connectivity index is 1.65. The Hall–Kier alpha value is -2.31. The molecule has 132 valence electrons. The summed E-state index contributed by atoms with van der Waals surface area (Å²) < 4.78 is 0. The van der Waals surface area contributed by atoms with Crippen molar-refractivity contribution in [2.45, 2.75) is 25.9 Å². The first-order valence-electron chi connectivity index (χ1n) is 8.70. The van der Waals surface area contributed by atoms with Crippen LogP contribution in [0, 0.1) is 0 Å². The molecule has 1 unspecified atom stereocenters. The molecule has 1 amide bonds. The van der Waals surface area contributed by atoms with Crippen molar-refractivity contribution >= 4 is 5.91 Å². The Morgan fingerprint density at radius 2 is 1.92 bits per heavy atom. The van der Waals surface area contributed by atoms with Crippen molar-refractivity contribution in [3.8, 4) is 0 Å². The Morgan fingerprint density at radius 3 is 2.56 bits per heavy atom. The molecule has 2 aromatic rings. The van der Waals surface area contributed by atoms with Crippen molar-refractivity contribution in [2.24, 2.45) is 0 Å². The third-order valence-electron chi connectivity index (χ3n) is 4.56. The number of aromatic nitrogens is 2. The fourth-order valence-corrected chi connectivity index (χ4v) is 3.14. The minimum Gasteiger partial charge on any atom is -0.394 e. The fourth-order valence-electron chi connectivity index (χ4n) is 3.14. The number of nitrogens with zero attached hydrogens (tertiary/aromatic N) is 4. The number of aliphatic hydroxyl groups is 1. The molecule has 0 saturated carbocycles. The number of amides is 1. The Labute approximate surface area is 148 Å². The Bertz CT molecular complexity index is 690. The van der Waals surface area contributed by atoms with E-state index in [1.807, 2.05) is 25.1 Å². The van der Waals surface area contributed by atoms with Crippen LogP contribution in [-0.2, 0) is 13.0 Å². The van der Waals surface area contributed by atoms with E-state index in [4.69, 9.17) is 0 Å². The highest BCUT2D eigenvalue weighted by Crippen LogP contribution is 2.16. The maximum atomic E-state index is 12.7. The van der Waals surface area contributed by atoms with Crippen molar-refractivity contribution in [3.05, 3.63) is 59.7 Å². The first-order valence-corrected chi connectivity index (χ1v) is 8.70. The van der Waals surface area contributed by atoms with Gasteiger partial charge >= 0.3 is 0 Å². The molecule has 1 aliphatic rings. The number of carbonyl (C=O) groups excluding carboxylic acids is 1. The van der Waals surface area contributed by atoms with E-state index in [0.29, 0.717) is 18.7 Å². The van der Waals surface area contributed by atoms with Crippen molar-refractivity contribution < 1.29 is 9.90 Å². The van der Waals surface area contributed by atoms with E-state index in [0.717, 1.165) is 25.3 Å². The minimum atomic E-state index is -0.212. The van der Waals surface area contributed by atoms with Crippen molar-refractivity contribution in [1.82, 2.24) is 19.8 Å². The largest absolute Gasteiger partial charge is 0.394 e. The van der Waals surface area contributed by atoms with Crippen LogP contribution in [-0.4, -0.2) is 63.1 Å². The summed E-state index contributed by atoms with van der Waals surface area (Å²) in [5.41, 5.74) is 1.72. The first kappa shape index (κ1) is 17.5. The first-order chi connectivity index (χ1) is 12.2. The number of hydrogen-bond acceptors (Lipinski definition) is 5. The second-order valence-corrected chi connectivity index (χ2v) is 6.30. The summed E-state index contributed by atoms with van der Waals surface area (Å²) in [4.78, 5) is 25.2. The lowest BCUT2D eigenvalue weighted by Crippen LogP contribution is -2.56. The van der Waals surface area contributed by atoms with Gasteiger partial charge in [-0.15, -0.1) is 0 Å². The predicted molar refractivity (Wildman–Crippen MR) is 95.0 cm³/mol. The van der Waals surface area contributed by atoms with Crippen LogP contribution < -0.4 is 0 Å². The lowest BCUT2D eigenvalue weighted by molar-refractivity contribution is 0.0281. The van der Waals surface area contributed by atoms with Crippen LogP contribution in [0.1, 0.15) is 28.7 Å². The highest BCUT2D eigenvalue weighted by atomic mass is 16.3. The molecule has 0 spiro atoms. The maximum absolute atomic E-state index is 12.7. The van der Waals surface area contributed by atoms with Gasteiger partial charge in [0.1, 0.15) is 5.82 Å². The average Bonchev–Trinajstić information content (AvgIpc) is 2.68. The summed E-state index contributed by atoms with van der Waals surface area (Å²) >= 11 is 0. The van der Waals surface area contributed by atoms with Gasteiger partial charge in [-0.2, -0.15) is 0 Å². The number of hydrogen-bond donors (Lipinski definition) is 1. The lowest BCUT2D eigenvalue weighted by Gasteiger charge is -2.40. The molecule has 0 aliphatic carbocycles. The average molecular weight is 340 g/mol. The maximum Gasteiger partial charge on any atom is 0.257 e. The van der Waals surface area contributed by atoms with Gasteiger partial charge in [-0.25, -0.2) is 9.97 Å². The van der Waals surface area contributed by atoms with Gasteiger partial charge in [0, 0.05) is 45.0 Å². The number of aliphatic hydroxyl groups excluding tert-OH is 1. The van der Waals surface area contributed by atoms with Crippen LogP contribution in [0.15, 0.2) is 42.7 Å². The molecule has 6 nitrogen and oxygen atoms in total. The van der Waals surface area contributed by atoms with Crippen LogP contribution >= 0.6 is 0 Å². The summed E-state index contributed by atoms with van der Waals surface area (Å²) in [7, 11) is 0. The summed E-state index contributed by atoms with van der Waals surface area (Å²) in [6, 6.07) is 10.0. The molecule has 1 atom stereocenters. The van der Waals surface area contributed by atoms with E-state index < -0.39 is 0 Å². The van der Waals surface area contributed by atoms with Crippen LogP contribution in [0.4, 0.5) is 0 Å². The van der Waals surface area contributed by atoms with Gasteiger partial charge in [0.25, 0.3) is 5.91 Å². The topological polar surface area (TPSA) is 69.6 Å². The highest BCUT2D eigenvalue weighted by molar-refractivity contribution is 5.94. The highest BCUT2D eigenvalue weighted by Gasteiger charge is 2.30. The second-order valence-electron chi connectivity index (χ2n) is 6.30. The number of benzene rings is 1. The third kappa shape index (κ3) is 4.21. The molecule has 1 saturated heterocycles. The number of piperazine rings is 1. The molecular weight excluding hydrogens is 316 g/mol. The smallest absolute Gasteiger partial charge is 0.257 e. The lowest BCUT2D eigenvalue weighted by atomic mass is 10.1. The third-order valence-corrected chi connectivity index (χ3v) is 4.56. The molecule has 6 heteroatoms. The number of rotatable bonds is 5. The van der Waals surface area contributed by atoms with Crippen LogP contribution in [0.3, 0.4) is 0 Å². The summed E-state index contributed by atoms with van der Waals surface area (Å²) in [5, 5.41) is 9.77. The second kappa shape index (κ2) is 8.18. The molecule has 0 radical (unpaired) electrons. The van der Waals surface area contributed by atoms with Gasteiger partial charge in [-0.3, -0.25) is 9.69 Å². The number of carbonyl (C=O) groups is 1. The minimum absolute atomic E-state index is 0.0507. The zero-order chi connectivity index (χ0) is 17.6. The monoisotopic (exact) mass is 340 g/mol. The summed E-state index contributed by atoms with van der Waals surface area (Å²) in [6.07, 6.45) is 3.91. The van der Waals surface area contributed by atoms with E-state index >= 15 is 0 Å². The van der Waals surface area contributed by atoms with E-state index in [9.17, 15) is 9.90 Å². The van der Waals surface area contributed by atoms with Gasteiger partial charge < -0.3 is 10.0 Å².